The van der Waals surface area contributed by atoms with Crippen molar-refractivity contribution >= 4 is 23.1 Å². The molecule has 0 atom stereocenters. The van der Waals surface area contributed by atoms with Crippen LogP contribution in [0.5, 0.6) is 5.75 Å². The minimum Gasteiger partial charge on any atom is -0.506 e. The number of hydrogen-bond donors (Lipinski definition) is 1. The Bertz CT molecular complexity index is 420. The van der Waals surface area contributed by atoms with Crippen molar-refractivity contribution < 1.29 is 19.4 Å². The summed E-state index contributed by atoms with van der Waals surface area (Å²) in [5.41, 5.74) is 0.183. The normalized spacial score (nSPS) is 10.2. The lowest BCUT2D eigenvalue weighted by molar-refractivity contribution is -0.116. The molecular weight excluding hydrogens is 228 g/mol. The van der Waals surface area contributed by atoms with Gasteiger partial charge in [-0.3, -0.25) is 4.79 Å². The Kier molecular flexibility index (Phi) is 4.06. The molecule has 0 amide bonds. The molecule has 88 valence electrons. The minimum absolute atomic E-state index is 0.0491. The molecule has 16 heavy (non-hydrogen) atoms. The zero-order chi connectivity index (χ0) is 12.3. The molecule has 0 aliphatic rings. The first-order chi connectivity index (χ1) is 7.47. The fourth-order valence-electron chi connectivity index (χ4n) is 1.38. The van der Waals surface area contributed by atoms with Crippen LogP contribution in [-0.4, -0.2) is 23.5 Å². The lowest BCUT2D eigenvalue weighted by Gasteiger charge is -2.01. The molecule has 0 saturated heterocycles. The zero-order valence-electron chi connectivity index (χ0n) is 9.49. The molecule has 0 aliphatic heterocycles. The molecule has 5 heteroatoms. The SMILES string of the molecule is CCOC(=O)c1c(C)sc(CC(C)=O)c1O. The Morgan fingerprint density at radius 2 is 2.06 bits per heavy atom. The van der Waals surface area contributed by atoms with Gasteiger partial charge in [0, 0.05) is 11.3 Å². The third-order valence-electron chi connectivity index (χ3n) is 2.02. The van der Waals surface area contributed by atoms with Crippen LogP contribution in [0.2, 0.25) is 0 Å². The molecule has 1 rings (SSSR count). The number of hydrogen-bond acceptors (Lipinski definition) is 5. The van der Waals surface area contributed by atoms with Crippen molar-refractivity contribution in [3.63, 3.8) is 0 Å². The van der Waals surface area contributed by atoms with Gasteiger partial charge in [-0.15, -0.1) is 11.3 Å². The maximum atomic E-state index is 11.5. The van der Waals surface area contributed by atoms with E-state index in [0.29, 0.717) is 9.75 Å². The number of esters is 1. The van der Waals surface area contributed by atoms with Gasteiger partial charge in [0.25, 0.3) is 0 Å². The molecule has 0 aromatic carbocycles. The molecule has 0 radical (unpaired) electrons. The topological polar surface area (TPSA) is 63.6 Å². The highest BCUT2D eigenvalue weighted by Gasteiger charge is 2.22. The maximum Gasteiger partial charge on any atom is 0.343 e. The van der Waals surface area contributed by atoms with E-state index in [4.69, 9.17) is 4.74 Å². The van der Waals surface area contributed by atoms with Crippen LogP contribution in [0.3, 0.4) is 0 Å². The fraction of sp³-hybridized carbons (Fsp3) is 0.455. The van der Waals surface area contributed by atoms with Crippen molar-refractivity contribution in [1.29, 1.82) is 0 Å². The van der Waals surface area contributed by atoms with Crippen LogP contribution >= 0.6 is 11.3 Å². The van der Waals surface area contributed by atoms with Gasteiger partial charge in [-0.05, 0) is 20.8 Å². The molecule has 0 aliphatic carbocycles. The smallest absolute Gasteiger partial charge is 0.343 e. The second-order valence-corrected chi connectivity index (χ2v) is 4.71. The number of aryl methyl sites for hydroxylation is 1. The molecule has 1 aromatic heterocycles. The maximum absolute atomic E-state index is 11.5. The summed E-state index contributed by atoms with van der Waals surface area (Å²) in [6.07, 6.45) is 0.150. The van der Waals surface area contributed by atoms with Gasteiger partial charge in [0.1, 0.15) is 17.1 Å². The summed E-state index contributed by atoms with van der Waals surface area (Å²) in [4.78, 5) is 23.7. The molecule has 4 nitrogen and oxygen atoms in total. The average molecular weight is 242 g/mol. The van der Waals surface area contributed by atoms with E-state index >= 15 is 0 Å². The van der Waals surface area contributed by atoms with E-state index in [1.807, 2.05) is 0 Å². The summed E-state index contributed by atoms with van der Waals surface area (Å²) in [7, 11) is 0. The lowest BCUT2D eigenvalue weighted by atomic mass is 10.2. The van der Waals surface area contributed by atoms with Gasteiger partial charge in [0.15, 0.2) is 0 Å². The highest BCUT2D eigenvalue weighted by molar-refractivity contribution is 7.12. The first-order valence-corrected chi connectivity index (χ1v) is 5.76. The van der Waals surface area contributed by atoms with Gasteiger partial charge in [0.2, 0.25) is 0 Å². The number of rotatable bonds is 4. The van der Waals surface area contributed by atoms with E-state index in [0.717, 1.165) is 0 Å². The average Bonchev–Trinajstić information content (AvgIpc) is 2.41. The summed E-state index contributed by atoms with van der Waals surface area (Å²) < 4.78 is 4.83. The molecule has 1 aromatic rings. The Hall–Kier alpha value is -1.36. The summed E-state index contributed by atoms with van der Waals surface area (Å²) in [6.45, 7) is 5.13. The summed E-state index contributed by atoms with van der Waals surface area (Å²) in [5, 5.41) is 9.81. The predicted octanol–water partition coefficient (Wildman–Crippen LogP) is 2.07. The Morgan fingerprint density at radius 3 is 2.56 bits per heavy atom. The van der Waals surface area contributed by atoms with Gasteiger partial charge in [-0.25, -0.2) is 4.79 Å². The van der Waals surface area contributed by atoms with Crippen LogP contribution < -0.4 is 0 Å². The van der Waals surface area contributed by atoms with E-state index in [-0.39, 0.29) is 30.1 Å². The molecule has 1 N–H and O–H groups in total. The van der Waals surface area contributed by atoms with E-state index in [2.05, 4.69) is 0 Å². The van der Waals surface area contributed by atoms with E-state index in [1.165, 1.54) is 18.3 Å². The van der Waals surface area contributed by atoms with Gasteiger partial charge in [0.05, 0.1) is 11.5 Å². The first kappa shape index (κ1) is 12.7. The van der Waals surface area contributed by atoms with Crippen LogP contribution in [-0.2, 0) is 16.0 Å². The third kappa shape index (κ3) is 2.61. The molecule has 1 heterocycles. The van der Waals surface area contributed by atoms with E-state index in [1.54, 1.807) is 13.8 Å². The van der Waals surface area contributed by atoms with Crippen molar-refractivity contribution in [2.24, 2.45) is 0 Å². The lowest BCUT2D eigenvalue weighted by Crippen LogP contribution is -2.05. The van der Waals surface area contributed by atoms with Gasteiger partial charge in [-0.2, -0.15) is 0 Å². The van der Waals surface area contributed by atoms with Crippen molar-refractivity contribution in [2.45, 2.75) is 27.2 Å². The fourth-order valence-corrected chi connectivity index (χ4v) is 2.51. The summed E-state index contributed by atoms with van der Waals surface area (Å²) in [6, 6.07) is 0. The predicted molar refractivity (Wildman–Crippen MR) is 61.1 cm³/mol. The summed E-state index contributed by atoms with van der Waals surface area (Å²) in [5.74, 6) is -0.702. The minimum atomic E-state index is -0.538. The standard InChI is InChI=1S/C11H14O4S/c1-4-15-11(14)9-7(3)16-8(10(9)13)5-6(2)12/h13H,4-5H2,1-3H3. The van der Waals surface area contributed by atoms with Crippen molar-refractivity contribution in [3.05, 3.63) is 15.3 Å². The first-order valence-electron chi connectivity index (χ1n) is 4.95. The van der Waals surface area contributed by atoms with E-state index in [9.17, 15) is 14.7 Å². The van der Waals surface area contributed by atoms with Crippen molar-refractivity contribution in [3.8, 4) is 5.75 Å². The molecule has 0 spiro atoms. The molecule has 0 saturated carbocycles. The molecule has 0 fully saturated rings. The number of ketones is 1. The van der Waals surface area contributed by atoms with Gasteiger partial charge < -0.3 is 9.84 Å². The number of Topliss-reactive ketones (excluding diaryl/α,β-unsaturated/α-hetero) is 1. The highest BCUT2D eigenvalue weighted by atomic mass is 32.1. The Morgan fingerprint density at radius 1 is 1.44 bits per heavy atom. The summed E-state index contributed by atoms with van der Waals surface area (Å²) >= 11 is 1.25. The van der Waals surface area contributed by atoms with Crippen LogP contribution in [0.15, 0.2) is 0 Å². The Labute approximate surface area is 97.9 Å². The molecule has 0 unspecified atom stereocenters. The van der Waals surface area contributed by atoms with Gasteiger partial charge >= 0.3 is 5.97 Å². The van der Waals surface area contributed by atoms with Crippen LogP contribution in [0.25, 0.3) is 0 Å². The third-order valence-corrected chi connectivity index (χ3v) is 3.11. The monoisotopic (exact) mass is 242 g/mol. The van der Waals surface area contributed by atoms with Crippen molar-refractivity contribution in [1.82, 2.24) is 0 Å². The van der Waals surface area contributed by atoms with E-state index < -0.39 is 5.97 Å². The van der Waals surface area contributed by atoms with Crippen LogP contribution in [0, 0.1) is 6.92 Å². The number of ether oxygens (including phenoxy) is 1. The molecular formula is C11H14O4S. The Balaban J connectivity index is 3.06. The number of carbonyl (C=O) groups excluding carboxylic acids is 2. The number of aromatic hydroxyl groups is 1. The zero-order valence-corrected chi connectivity index (χ0v) is 10.3. The van der Waals surface area contributed by atoms with Crippen LogP contribution in [0.1, 0.15) is 34.0 Å². The molecule has 0 bridgehead atoms. The second-order valence-electron chi connectivity index (χ2n) is 3.40. The van der Waals surface area contributed by atoms with Crippen molar-refractivity contribution in [2.75, 3.05) is 6.61 Å². The second kappa shape index (κ2) is 5.12. The highest BCUT2D eigenvalue weighted by Crippen LogP contribution is 2.34. The number of carbonyl (C=O) groups is 2. The largest absolute Gasteiger partial charge is 0.506 e. The van der Waals surface area contributed by atoms with Crippen LogP contribution in [0.4, 0.5) is 0 Å². The van der Waals surface area contributed by atoms with Gasteiger partial charge in [-0.1, -0.05) is 0 Å². The number of thiophene rings is 1. The quantitative estimate of drug-likeness (QED) is 0.821.